The molecule has 3 heteroatoms. The zero-order valence-corrected chi connectivity index (χ0v) is 5.22. The molecule has 0 atom stereocenters. The summed E-state index contributed by atoms with van der Waals surface area (Å²) >= 11 is 5.54. The smallest absolute Gasteiger partial charge is 0.171 e. The molecule has 0 bridgehead atoms. The Morgan fingerprint density at radius 2 is 2.78 bits per heavy atom. The molecule has 1 aromatic rings. The second kappa shape index (κ2) is 2.69. The highest BCUT2D eigenvalue weighted by atomic mass is 35.5. The maximum atomic E-state index is 6.79. The van der Waals surface area contributed by atoms with Gasteiger partial charge in [0.2, 0.25) is 0 Å². The molecule has 0 fully saturated rings. The van der Waals surface area contributed by atoms with Gasteiger partial charge in [-0.3, -0.25) is 0 Å². The van der Waals surface area contributed by atoms with E-state index in [0.29, 0.717) is 0 Å². The van der Waals surface area contributed by atoms with Crippen molar-refractivity contribution < 1.29 is 8.85 Å². The van der Waals surface area contributed by atoms with Gasteiger partial charge in [0, 0.05) is 6.20 Å². The monoisotopic (exact) mass is 146 g/mol. The van der Waals surface area contributed by atoms with E-state index in [1.165, 1.54) is 12.3 Å². The van der Waals surface area contributed by atoms with E-state index in [9.17, 15) is 0 Å². The Labute approximate surface area is 62.6 Å². The molecule has 0 spiro atoms. The Hall–Kier alpha value is -0.760. The number of hydrogen-bond donors (Lipinski definition) is 0. The van der Waals surface area contributed by atoms with E-state index in [-0.39, 0.29) is 10.9 Å². The van der Waals surface area contributed by atoms with Gasteiger partial charge in [0.1, 0.15) is 0 Å². The average Bonchev–Trinajstić information content (AvgIpc) is 1.91. The van der Waals surface area contributed by atoms with E-state index in [4.69, 9.17) is 15.7 Å². The first-order valence-electron chi connectivity index (χ1n) is 3.78. The van der Waals surface area contributed by atoms with E-state index in [2.05, 4.69) is 9.72 Å². The number of ether oxygens (including phenoxy) is 1. The molecule has 48 valence electrons. The number of halogens is 1. The third kappa shape index (κ3) is 1.33. The van der Waals surface area contributed by atoms with Crippen LogP contribution in [0.5, 0.6) is 5.75 Å². The molecule has 9 heavy (non-hydrogen) atoms. The first kappa shape index (κ1) is 3.42. The first-order valence-corrected chi connectivity index (χ1v) is 2.66. The molecule has 0 aliphatic heterocycles. The van der Waals surface area contributed by atoms with Gasteiger partial charge in [-0.2, -0.15) is 0 Å². The SMILES string of the molecule is [2H]C([2H])([2H])Oc1cccnc1Cl. The van der Waals surface area contributed by atoms with Crippen LogP contribution in [0.2, 0.25) is 5.15 Å². The van der Waals surface area contributed by atoms with Crippen LogP contribution in [0.1, 0.15) is 4.11 Å². The molecular formula is C6H6ClNO. The normalized spacial score (nSPS) is 15.4. The Kier molecular flexibility index (Phi) is 1.02. The molecule has 0 amide bonds. The number of aromatic nitrogens is 1. The summed E-state index contributed by atoms with van der Waals surface area (Å²) in [6.07, 6.45) is 1.45. The highest BCUT2D eigenvalue weighted by molar-refractivity contribution is 6.30. The molecule has 2 nitrogen and oxygen atoms in total. The van der Waals surface area contributed by atoms with Gasteiger partial charge in [-0.1, -0.05) is 11.6 Å². The lowest BCUT2D eigenvalue weighted by atomic mass is 10.5. The molecule has 0 unspecified atom stereocenters. The fourth-order valence-electron chi connectivity index (χ4n) is 0.447. The lowest BCUT2D eigenvalue weighted by Crippen LogP contribution is -1.84. The number of pyridine rings is 1. The van der Waals surface area contributed by atoms with Crippen molar-refractivity contribution in [3.63, 3.8) is 0 Å². The summed E-state index contributed by atoms with van der Waals surface area (Å²) in [7, 11) is -2.48. The van der Waals surface area contributed by atoms with Crippen LogP contribution in [0.25, 0.3) is 0 Å². The van der Waals surface area contributed by atoms with Crippen LogP contribution in [0, 0.1) is 0 Å². The predicted octanol–water partition coefficient (Wildman–Crippen LogP) is 1.74. The van der Waals surface area contributed by atoms with Gasteiger partial charge in [0.05, 0.1) is 11.2 Å². The van der Waals surface area contributed by atoms with Crippen LogP contribution in [-0.4, -0.2) is 12.0 Å². The number of rotatable bonds is 1. The highest BCUT2D eigenvalue weighted by Crippen LogP contribution is 2.18. The molecule has 0 N–H and O–H groups in total. The number of nitrogens with zero attached hydrogens (tertiary/aromatic N) is 1. The van der Waals surface area contributed by atoms with Crippen LogP contribution in [0.4, 0.5) is 0 Å². The summed E-state index contributed by atoms with van der Waals surface area (Å²) in [4.78, 5) is 3.65. The summed E-state index contributed by atoms with van der Waals surface area (Å²) in [5.74, 6) is 0.0687. The standard InChI is InChI=1S/C6H6ClNO/c1-9-5-3-2-4-8-6(5)7/h2-4H,1H3/i1D3. The lowest BCUT2D eigenvalue weighted by Gasteiger charge is -1.97. The first-order chi connectivity index (χ1) is 5.49. The van der Waals surface area contributed by atoms with E-state index in [0.717, 1.165) is 0 Å². The summed E-state index contributed by atoms with van der Waals surface area (Å²) < 4.78 is 24.9. The molecule has 1 heterocycles. The van der Waals surface area contributed by atoms with E-state index < -0.39 is 7.04 Å². The fourth-order valence-corrected chi connectivity index (χ4v) is 0.605. The van der Waals surface area contributed by atoms with Crippen molar-refractivity contribution in [1.82, 2.24) is 4.98 Å². The van der Waals surface area contributed by atoms with Gasteiger partial charge >= 0.3 is 0 Å². The maximum Gasteiger partial charge on any atom is 0.171 e. The van der Waals surface area contributed by atoms with E-state index in [1.807, 2.05) is 0 Å². The molecule has 0 saturated carbocycles. The van der Waals surface area contributed by atoms with Gasteiger partial charge in [-0.25, -0.2) is 4.98 Å². The van der Waals surface area contributed by atoms with Crippen molar-refractivity contribution in [2.24, 2.45) is 0 Å². The minimum atomic E-state index is -2.48. The topological polar surface area (TPSA) is 22.1 Å². The van der Waals surface area contributed by atoms with Crippen molar-refractivity contribution in [3.05, 3.63) is 23.5 Å². The van der Waals surface area contributed by atoms with Gasteiger partial charge in [0.15, 0.2) is 10.9 Å². The van der Waals surface area contributed by atoms with Crippen molar-refractivity contribution in [3.8, 4) is 5.75 Å². The second-order valence-corrected chi connectivity index (χ2v) is 1.75. The molecule has 0 aromatic carbocycles. The minimum absolute atomic E-state index is 0.0497. The molecule has 0 radical (unpaired) electrons. The third-order valence-electron chi connectivity index (χ3n) is 0.835. The molecular weight excluding hydrogens is 138 g/mol. The Balaban J connectivity index is 2.83. The summed E-state index contributed by atoms with van der Waals surface area (Å²) in [5.41, 5.74) is 0. The number of methoxy groups -OCH3 is 1. The average molecular weight is 147 g/mol. The zero-order valence-electron chi connectivity index (χ0n) is 7.47. The predicted molar refractivity (Wildman–Crippen MR) is 35.8 cm³/mol. The summed E-state index contributed by atoms with van der Waals surface area (Å²) in [5, 5.41) is 0.0497. The Bertz CT molecular complexity index is 276. The van der Waals surface area contributed by atoms with Crippen molar-refractivity contribution in [1.29, 1.82) is 0 Å². The van der Waals surface area contributed by atoms with Gasteiger partial charge < -0.3 is 4.74 Å². The van der Waals surface area contributed by atoms with Gasteiger partial charge in [0.25, 0.3) is 0 Å². The van der Waals surface area contributed by atoms with Crippen LogP contribution in [0.15, 0.2) is 18.3 Å². The van der Waals surface area contributed by atoms with Crippen LogP contribution < -0.4 is 4.74 Å². The zero-order chi connectivity index (χ0) is 9.19. The van der Waals surface area contributed by atoms with Crippen molar-refractivity contribution >= 4 is 11.6 Å². The Morgan fingerprint density at radius 3 is 3.44 bits per heavy atom. The summed E-state index contributed by atoms with van der Waals surface area (Å²) in [6.45, 7) is 0. The van der Waals surface area contributed by atoms with Crippen LogP contribution in [-0.2, 0) is 0 Å². The van der Waals surface area contributed by atoms with Crippen molar-refractivity contribution in [2.75, 3.05) is 7.04 Å². The summed E-state index contributed by atoms with van der Waals surface area (Å²) in [6, 6.07) is 2.99. The largest absolute Gasteiger partial charge is 0.494 e. The molecule has 1 rings (SSSR count). The molecule has 0 saturated heterocycles. The molecule has 0 aliphatic rings. The van der Waals surface area contributed by atoms with E-state index >= 15 is 0 Å². The third-order valence-corrected chi connectivity index (χ3v) is 1.12. The molecule has 0 aliphatic carbocycles. The fraction of sp³-hybridized carbons (Fsp3) is 0.167. The van der Waals surface area contributed by atoms with Gasteiger partial charge in [-0.15, -0.1) is 0 Å². The van der Waals surface area contributed by atoms with Gasteiger partial charge in [-0.05, 0) is 12.1 Å². The second-order valence-electron chi connectivity index (χ2n) is 1.39. The minimum Gasteiger partial charge on any atom is -0.494 e. The van der Waals surface area contributed by atoms with E-state index in [1.54, 1.807) is 6.07 Å². The highest BCUT2D eigenvalue weighted by Gasteiger charge is 1.95. The quantitative estimate of drug-likeness (QED) is 0.563. The Morgan fingerprint density at radius 1 is 1.89 bits per heavy atom. The maximum absolute atomic E-state index is 6.79. The van der Waals surface area contributed by atoms with Crippen molar-refractivity contribution in [2.45, 2.75) is 0 Å². The molecule has 1 aromatic heterocycles. The van der Waals surface area contributed by atoms with Crippen LogP contribution in [0.3, 0.4) is 0 Å². The van der Waals surface area contributed by atoms with Crippen LogP contribution >= 0.6 is 11.6 Å². The number of hydrogen-bond acceptors (Lipinski definition) is 2. The lowest BCUT2D eigenvalue weighted by molar-refractivity contribution is 0.413.